The van der Waals surface area contributed by atoms with Crippen LogP contribution in [0.4, 0.5) is 0 Å². The van der Waals surface area contributed by atoms with Gasteiger partial charge in [-0.15, -0.1) is 11.3 Å². The third-order valence-electron chi connectivity index (χ3n) is 3.18. The molecule has 0 aliphatic rings. The van der Waals surface area contributed by atoms with E-state index in [1.54, 1.807) is 11.3 Å². The molecule has 1 aromatic heterocycles. The van der Waals surface area contributed by atoms with Crippen LogP contribution in [-0.2, 0) is 0 Å². The van der Waals surface area contributed by atoms with Gasteiger partial charge in [-0.1, -0.05) is 40.2 Å². The first-order valence-corrected chi connectivity index (χ1v) is 7.74. The fraction of sp³-hybridized carbons (Fsp3) is 0.125. The van der Waals surface area contributed by atoms with Gasteiger partial charge in [0, 0.05) is 14.7 Å². The molecule has 0 saturated heterocycles. The Balaban J connectivity index is 2.13. The predicted octanol–water partition coefficient (Wildman–Crippen LogP) is 5.05. The summed E-state index contributed by atoms with van der Waals surface area (Å²) in [6, 6.07) is 14.2. The van der Waals surface area contributed by atoms with Gasteiger partial charge in [0.1, 0.15) is 6.10 Å². The van der Waals surface area contributed by atoms with Crippen LogP contribution in [0.25, 0.3) is 10.1 Å². The molecular formula is C16H13BrOS. The first-order valence-electron chi connectivity index (χ1n) is 6.06. The minimum Gasteiger partial charge on any atom is -0.384 e. The van der Waals surface area contributed by atoms with Gasteiger partial charge in [-0.2, -0.15) is 0 Å². The van der Waals surface area contributed by atoms with E-state index in [1.807, 2.05) is 37.3 Å². The number of aliphatic hydroxyl groups excluding tert-OH is 1. The zero-order valence-corrected chi connectivity index (χ0v) is 12.8. The molecule has 0 fully saturated rings. The highest BCUT2D eigenvalue weighted by molar-refractivity contribution is 9.10. The average Bonchev–Trinajstić information content (AvgIpc) is 2.84. The van der Waals surface area contributed by atoms with Crippen LogP contribution in [0.15, 0.2) is 52.3 Å². The molecule has 3 heteroatoms. The molecule has 1 atom stereocenters. The molecule has 0 saturated carbocycles. The van der Waals surface area contributed by atoms with E-state index < -0.39 is 6.10 Å². The highest BCUT2D eigenvalue weighted by Crippen LogP contribution is 2.33. The summed E-state index contributed by atoms with van der Waals surface area (Å²) in [7, 11) is 0. The van der Waals surface area contributed by atoms with Crippen molar-refractivity contribution < 1.29 is 5.11 Å². The number of fused-ring (bicyclic) bond motifs is 1. The minimum absolute atomic E-state index is 0.585. The zero-order valence-electron chi connectivity index (χ0n) is 10.4. The lowest BCUT2D eigenvalue weighted by molar-refractivity contribution is 0.222. The van der Waals surface area contributed by atoms with E-state index in [0.29, 0.717) is 0 Å². The summed E-state index contributed by atoms with van der Waals surface area (Å²) in [5, 5.41) is 13.9. The quantitative estimate of drug-likeness (QED) is 0.695. The lowest BCUT2D eigenvalue weighted by Crippen LogP contribution is -2.00. The van der Waals surface area contributed by atoms with Crippen molar-refractivity contribution in [2.45, 2.75) is 13.0 Å². The van der Waals surface area contributed by atoms with Gasteiger partial charge in [0.05, 0.1) is 0 Å². The van der Waals surface area contributed by atoms with Crippen molar-refractivity contribution in [2.75, 3.05) is 0 Å². The Kier molecular flexibility index (Phi) is 3.44. The molecule has 1 N–H and O–H groups in total. The molecule has 0 amide bonds. The van der Waals surface area contributed by atoms with Crippen LogP contribution in [0.2, 0.25) is 0 Å². The van der Waals surface area contributed by atoms with Crippen molar-refractivity contribution in [1.82, 2.24) is 0 Å². The Morgan fingerprint density at radius 1 is 1.16 bits per heavy atom. The van der Waals surface area contributed by atoms with Crippen LogP contribution in [0.1, 0.15) is 22.8 Å². The summed E-state index contributed by atoms with van der Waals surface area (Å²) >= 11 is 5.16. The van der Waals surface area contributed by atoms with E-state index >= 15 is 0 Å². The molecule has 3 aromatic rings. The lowest BCUT2D eigenvalue weighted by Gasteiger charge is -2.14. The summed E-state index contributed by atoms with van der Waals surface area (Å²) < 4.78 is 2.16. The molecule has 3 rings (SSSR count). The number of hydrogen-bond donors (Lipinski definition) is 1. The summed E-state index contributed by atoms with van der Waals surface area (Å²) in [5.41, 5.74) is 3.04. The zero-order chi connectivity index (χ0) is 13.4. The van der Waals surface area contributed by atoms with Gasteiger partial charge < -0.3 is 5.11 Å². The summed E-state index contributed by atoms with van der Waals surface area (Å²) in [6.45, 7) is 2.03. The van der Waals surface area contributed by atoms with Crippen molar-refractivity contribution in [3.05, 3.63) is 69.0 Å². The topological polar surface area (TPSA) is 20.2 Å². The maximum absolute atomic E-state index is 10.6. The van der Waals surface area contributed by atoms with Crippen LogP contribution in [-0.4, -0.2) is 5.11 Å². The standard InChI is InChI=1S/C16H13BrOS/c1-10-7-12(9-13(17)8-10)15(18)14-4-2-3-11-5-6-19-16(11)14/h2-9,15,18H,1H3. The fourth-order valence-electron chi connectivity index (χ4n) is 2.33. The van der Waals surface area contributed by atoms with E-state index in [9.17, 15) is 5.11 Å². The third-order valence-corrected chi connectivity index (χ3v) is 4.62. The van der Waals surface area contributed by atoms with Crippen LogP contribution >= 0.6 is 27.3 Å². The smallest absolute Gasteiger partial charge is 0.105 e. The van der Waals surface area contributed by atoms with Crippen LogP contribution in [0, 0.1) is 6.92 Å². The van der Waals surface area contributed by atoms with Crippen molar-refractivity contribution in [3.63, 3.8) is 0 Å². The molecule has 0 aliphatic heterocycles. The van der Waals surface area contributed by atoms with Gasteiger partial charge in [0.15, 0.2) is 0 Å². The van der Waals surface area contributed by atoms with Gasteiger partial charge in [-0.25, -0.2) is 0 Å². The van der Waals surface area contributed by atoms with Gasteiger partial charge in [0.2, 0.25) is 0 Å². The largest absolute Gasteiger partial charge is 0.384 e. The molecule has 96 valence electrons. The number of rotatable bonds is 2. The number of benzene rings is 2. The van der Waals surface area contributed by atoms with Gasteiger partial charge in [-0.05, 0) is 47.0 Å². The maximum atomic E-state index is 10.6. The van der Waals surface area contributed by atoms with Crippen molar-refractivity contribution in [2.24, 2.45) is 0 Å². The number of aryl methyl sites for hydroxylation is 1. The number of halogens is 1. The van der Waals surface area contributed by atoms with E-state index in [4.69, 9.17) is 0 Å². The minimum atomic E-state index is -0.585. The summed E-state index contributed by atoms with van der Waals surface area (Å²) in [5.74, 6) is 0. The SMILES string of the molecule is Cc1cc(Br)cc(C(O)c2cccc3ccsc23)c1. The van der Waals surface area contributed by atoms with Crippen molar-refractivity contribution in [3.8, 4) is 0 Å². The molecule has 0 aliphatic carbocycles. The third kappa shape index (κ3) is 2.46. The fourth-order valence-corrected chi connectivity index (χ4v) is 3.90. The summed E-state index contributed by atoms with van der Waals surface area (Å²) in [6.07, 6.45) is -0.585. The predicted molar refractivity (Wildman–Crippen MR) is 84.8 cm³/mol. The monoisotopic (exact) mass is 332 g/mol. The highest BCUT2D eigenvalue weighted by atomic mass is 79.9. The second-order valence-corrected chi connectivity index (χ2v) is 6.48. The molecule has 0 bridgehead atoms. The van der Waals surface area contributed by atoms with Gasteiger partial charge in [0.25, 0.3) is 0 Å². The average molecular weight is 333 g/mol. The molecule has 0 spiro atoms. The normalized spacial score (nSPS) is 12.8. The highest BCUT2D eigenvalue weighted by Gasteiger charge is 2.15. The molecule has 1 heterocycles. The van der Waals surface area contributed by atoms with Crippen molar-refractivity contribution in [1.29, 1.82) is 0 Å². The van der Waals surface area contributed by atoms with Crippen molar-refractivity contribution >= 4 is 37.4 Å². The maximum Gasteiger partial charge on any atom is 0.105 e. The molecule has 2 aromatic carbocycles. The second-order valence-electron chi connectivity index (χ2n) is 4.65. The van der Waals surface area contributed by atoms with Gasteiger partial charge >= 0.3 is 0 Å². The molecule has 19 heavy (non-hydrogen) atoms. The molecule has 1 unspecified atom stereocenters. The first-order chi connectivity index (χ1) is 9.15. The van der Waals surface area contributed by atoms with Crippen LogP contribution in [0.5, 0.6) is 0 Å². The number of aliphatic hydroxyl groups is 1. The molecule has 0 radical (unpaired) electrons. The van der Waals surface area contributed by atoms with Crippen LogP contribution < -0.4 is 0 Å². The Hall–Kier alpha value is -1.16. The van der Waals surface area contributed by atoms with Crippen LogP contribution in [0.3, 0.4) is 0 Å². The summed E-state index contributed by atoms with van der Waals surface area (Å²) in [4.78, 5) is 0. The van der Waals surface area contributed by atoms with E-state index in [0.717, 1.165) is 25.9 Å². The number of hydrogen-bond acceptors (Lipinski definition) is 2. The van der Waals surface area contributed by atoms with E-state index in [2.05, 4.69) is 33.4 Å². The Morgan fingerprint density at radius 2 is 2.00 bits per heavy atom. The Bertz CT molecular complexity index is 712. The lowest BCUT2D eigenvalue weighted by atomic mass is 9.99. The molecule has 1 nitrogen and oxygen atoms in total. The van der Waals surface area contributed by atoms with Gasteiger partial charge in [-0.3, -0.25) is 0 Å². The van der Waals surface area contributed by atoms with E-state index in [1.165, 1.54) is 5.39 Å². The first kappa shape index (κ1) is 12.9. The molecular weight excluding hydrogens is 320 g/mol. The Morgan fingerprint density at radius 3 is 2.79 bits per heavy atom. The number of thiophene rings is 1. The second kappa shape index (κ2) is 5.08. The Labute approximate surface area is 124 Å². The van der Waals surface area contributed by atoms with E-state index in [-0.39, 0.29) is 0 Å².